The maximum absolute atomic E-state index is 8.78. The van der Waals surface area contributed by atoms with Gasteiger partial charge in [-0.15, -0.1) is 0 Å². The van der Waals surface area contributed by atoms with E-state index in [0.29, 0.717) is 11.3 Å². The fourth-order valence-electron chi connectivity index (χ4n) is 1.25. The second-order valence-corrected chi connectivity index (χ2v) is 5.29. The van der Waals surface area contributed by atoms with Crippen LogP contribution < -0.4 is 5.73 Å². The molecule has 5 heteroatoms. The van der Waals surface area contributed by atoms with Crippen LogP contribution in [0.1, 0.15) is 5.56 Å². The molecule has 0 atom stereocenters. The molecule has 3 nitrogen and oxygen atoms in total. The Kier molecular flexibility index (Phi) is 3.67. The minimum Gasteiger partial charge on any atom is -0.398 e. The van der Waals surface area contributed by atoms with Crippen LogP contribution in [0.25, 0.3) is 0 Å². The summed E-state index contributed by atoms with van der Waals surface area (Å²) in [6, 6.07) is 11.3. The zero-order chi connectivity index (χ0) is 12.3. The summed E-state index contributed by atoms with van der Waals surface area (Å²) in [7, 11) is 0. The van der Waals surface area contributed by atoms with E-state index in [0.717, 1.165) is 14.4 Å². The van der Waals surface area contributed by atoms with Crippen LogP contribution in [0.2, 0.25) is 0 Å². The van der Waals surface area contributed by atoms with Crippen LogP contribution in [-0.2, 0) is 0 Å². The molecule has 0 radical (unpaired) electrons. The van der Waals surface area contributed by atoms with E-state index in [1.807, 2.05) is 24.3 Å². The quantitative estimate of drug-likeness (QED) is 0.863. The van der Waals surface area contributed by atoms with Gasteiger partial charge in [0.25, 0.3) is 0 Å². The normalized spacial score (nSPS) is 9.88. The van der Waals surface area contributed by atoms with Crippen LogP contribution >= 0.6 is 27.7 Å². The summed E-state index contributed by atoms with van der Waals surface area (Å²) >= 11 is 4.84. The van der Waals surface area contributed by atoms with Crippen molar-refractivity contribution in [1.82, 2.24) is 4.98 Å². The molecule has 0 fully saturated rings. The lowest BCUT2D eigenvalue weighted by Gasteiger charge is -2.03. The smallest absolute Gasteiger partial charge is 0.101 e. The summed E-state index contributed by atoms with van der Waals surface area (Å²) < 4.78 is 0.946. The van der Waals surface area contributed by atoms with E-state index in [4.69, 9.17) is 11.0 Å². The molecule has 0 unspecified atom stereocenters. The van der Waals surface area contributed by atoms with Crippen molar-refractivity contribution in [3.8, 4) is 6.07 Å². The third-order valence-electron chi connectivity index (χ3n) is 2.07. The first kappa shape index (κ1) is 12.0. The highest BCUT2D eigenvalue weighted by atomic mass is 79.9. The van der Waals surface area contributed by atoms with Crippen LogP contribution in [0.15, 0.2) is 50.9 Å². The van der Waals surface area contributed by atoms with Crippen LogP contribution in [0.4, 0.5) is 5.69 Å². The van der Waals surface area contributed by atoms with E-state index in [9.17, 15) is 0 Å². The largest absolute Gasteiger partial charge is 0.398 e. The van der Waals surface area contributed by atoms with Crippen LogP contribution in [-0.4, -0.2) is 4.98 Å². The van der Waals surface area contributed by atoms with E-state index in [2.05, 4.69) is 20.9 Å². The number of rotatable bonds is 2. The van der Waals surface area contributed by atoms with Gasteiger partial charge in [0.2, 0.25) is 0 Å². The Balaban J connectivity index is 2.22. The average molecular weight is 306 g/mol. The maximum Gasteiger partial charge on any atom is 0.101 e. The van der Waals surface area contributed by atoms with Gasteiger partial charge in [0, 0.05) is 15.6 Å². The predicted molar refractivity (Wildman–Crippen MR) is 71.6 cm³/mol. The van der Waals surface area contributed by atoms with Crippen molar-refractivity contribution < 1.29 is 0 Å². The molecular formula is C12H8BrN3S. The van der Waals surface area contributed by atoms with E-state index in [1.165, 1.54) is 11.8 Å². The molecule has 2 N–H and O–H groups in total. The average Bonchev–Trinajstić information content (AvgIpc) is 2.32. The number of hydrogen-bond donors (Lipinski definition) is 1. The first-order valence-electron chi connectivity index (χ1n) is 4.78. The lowest BCUT2D eigenvalue weighted by Crippen LogP contribution is -1.90. The number of aromatic nitrogens is 1. The highest BCUT2D eigenvalue weighted by Crippen LogP contribution is 2.28. The van der Waals surface area contributed by atoms with Crippen LogP contribution in [0.3, 0.4) is 0 Å². The van der Waals surface area contributed by atoms with Crippen molar-refractivity contribution in [1.29, 1.82) is 5.26 Å². The second kappa shape index (κ2) is 5.21. The van der Waals surface area contributed by atoms with Crippen molar-refractivity contribution in [2.75, 3.05) is 5.73 Å². The second-order valence-electron chi connectivity index (χ2n) is 3.28. The van der Waals surface area contributed by atoms with E-state index in [1.54, 1.807) is 18.3 Å². The zero-order valence-electron chi connectivity index (χ0n) is 8.72. The summed E-state index contributed by atoms with van der Waals surface area (Å²) in [6.07, 6.45) is 1.75. The van der Waals surface area contributed by atoms with Crippen molar-refractivity contribution in [3.05, 3.63) is 46.6 Å². The predicted octanol–water partition coefficient (Wildman–Crippen LogP) is 3.45. The van der Waals surface area contributed by atoms with Crippen molar-refractivity contribution in [2.45, 2.75) is 9.92 Å². The SMILES string of the molecule is N#Cc1ccc(Sc2ccc(Br)cn2)cc1N. The van der Waals surface area contributed by atoms with Gasteiger partial charge < -0.3 is 5.73 Å². The van der Waals surface area contributed by atoms with Crippen molar-refractivity contribution >= 4 is 33.4 Å². The molecule has 0 aliphatic carbocycles. The number of nitriles is 1. The molecule has 0 aliphatic heterocycles. The van der Waals surface area contributed by atoms with Gasteiger partial charge in [0.1, 0.15) is 11.1 Å². The fraction of sp³-hybridized carbons (Fsp3) is 0. The zero-order valence-corrected chi connectivity index (χ0v) is 11.1. The number of nitrogens with zero attached hydrogens (tertiary/aromatic N) is 2. The summed E-state index contributed by atoms with van der Waals surface area (Å²) in [4.78, 5) is 5.22. The number of anilines is 1. The lowest BCUT2D eigenvalue weighted by molar-refractivity contribution is 1.12. The van der Waals surface area contributed by atoms with Gasteiger partial charge in [-0.1, -0.05) is 11.8 Å². The Morgan fingerprint density at radius 1 is 1.29 bits per heavy atom. The molecule has 0 aliphatic rings. The van der Waals surface area contributed by atoms with Gasteiger partial charge in [0.05, 0.1) is 11.3 Å². The summed E-state index contributed by atoms with van der Waals surface area (Å²) in [5, 5.41) is 9.66. The summed E-state index contributed by atoms with van der Waals surface area (Å²) in [5.74, 6) is 0. The molecule has 2 aromatic rings. The highest BCUT2D eigenvalue weighted by Gasteiger charge is 2.02. The molecule has 0 saturated heterocycles. The Hall–Kier alpha value is -1.51. The van der Waals surface area contributed by atoms with Gasteiger partial charge >= 0.3 is 0 Å². The van der Waals surface area contributed by atoms with Gasteiger partial charge in [-0.2, -0.15) is 5.26 Å². The number of nitrogens with two attached hydrogens (primary N) is 1. The monoisotopic (exact) mass is 305 g/mol. The molecule has 0 spiro atoms. The maximum atomic E-state index is 8.78. The van der Waals surface area contributed by atoms with E-state index < -0.39 is 0 Å². The van der Waals surface area contributed by atoms with Crippen LogP contribution in [0.5, 0.6) is 0 Å². The number of nitrogen functional groups attached to an aromatic ring is 1. The van der Waals surface area contributed by atoms with Crippen molar-refractivity contribution in [2.24, 2.45) is 0 Å². The Bertz CT molecular complexity index is 575. The Morgan fingerprint density at radius 2 is 2.12 bits per heavy atom. The topological polar surface area (TPSA) is 62.7 Å². The molecule has 0 saturated carbocycles. The molecule has 84 valence electrons. The molecule has 0 bridgehead atoms. The molecule has 17 heavy (non-hydrogen) atoms. The molecule has 1 aromatic carbocycles. The molecule has 0 amide bonds. The van der Waals surface area contributed by atoms with E-state index in [-0.39, 0.29) is 0 Å². The highest BCUT2D eigenvalue weighted by molar-refractivity contribution is 9.10. The third-order valence-corrected chi connectivity index (χ3v) is 3.48. The van der Waals surface area contributed by atoms with Gasteiger partial charge in [-0.3, -0.25) is 0 Å². The number of benzene rings is 1. The Labute approximate surface area is 112 Å². The van der Waals surface area contributed by atoms with Gasteiger partial charge in [-0.25, -0.2) is 4.98 Å². The van der Waals surface area contributed by atoms with E-state index >= 15 is 0 Å². The minimum atomic E-state index is 0.495. The molecule has 2 rings (SSSR count). The van der Waals surface area contributed by atoms with Gasteiger partial charge in [0.15, 0.2) is 0 Å². The number of hydrogen-bond acceptors (Lipinski definition) is 4. The fourth-order valence-corrected chi connectivity index (χ4v) is 2.29. The molecule has 1 aromatic heterocycles. The first-order chi connectivity index (χ1) is 8.19. The summed E-state index contributed by atoms with van der Waals surface area (Å²) in [5.41, 5.74) is 6.74. The summed E-state index contributed by atoms with van der Waals surface area (Å²) in [6.45, 7) is 0. The van der Waals surface area contributed by atoms with Crippen molar-refractivity contribution in [3.63, 3.8) is 0 Å². The molecule has 1 heterocycles. The first-order valence-corrected chi connectivity index (χ1v) is 6.39. The number of halogens is 1. The Morgan fingerprint density at radius 3 is 2.71 bits per heavy atom. The third kappa shape index (κ3) is 2.99. The van der Waals surface area contributed by atoms with Gasteiger partial charge in [-0.05, 0) is 46.3 Å². The van der Waals surface area contributed by atoms with Crippen LogP contribution in [0, 0.1) is 11.3 Å². The standard InChI is InChI=1S/C12H8BrN3S/c13-9-2-4-12(16-7-9)17-10-3-1-8(6-14)11(15)5-10/h1-5,7H,15H2. The number of pyridine rings is 1. The molecular weight excluding hydrogens is 298 g/mol. The minimum absolute atomic E-state index is 0.495. The lowest BCUT2D eigenvalue weighted by atomic mass is 10.2.